The summed E-state index contributed by atoms with van der Waals surface area (Å²) >= 11 is 0. The Bertz CT molecular complexity index is 1510. The molecule has 4 heterocycles. The van der Waals surface area contributed by atoms with Gasteiger partial charge in [-0.1, -0.05) is 0 Å². The fourth-order valence-electron chi connectivity index (χ4n) is 8.78. The quantitative estimate of drug-likeness (QED) is 0.229. The van der Waals surface area contributed by atoms with Gasteiger partial charge < -0.3 is 37.9 Å². The van der Waals surface area contributed by atoms with Crippen LogP contribution in [-0.2, 0) is 38.3 Å². The second kappa shape index (κ2) is 12.6. The van der Waals surface area contributed by atoms with Gasteiger partial charge in [-0.2, -0.15) is 0 Å². The normalized spacial score (nSPS) is 39.1. The lowest BCUT2D eigenvalue weighted by molar-refractivity contribution is 0.0478. The maximum absolute atomic E-state index is 13.1. The second-order valence-corrected chi connectivity index (χ2v) is 16.6. The first-order chi connectivity index (χ1) is 23.0. The minimum Gasteiger partial charge on any atom is -0.491 e. The van der Waals surface area contributed by atoms with E-state index in [0.717, 1.165) is 56.0 Å². The number of ether oxygens (including phenoxy) is 8. The summed E-state index contributed by atoms with van der Waals surface area (Å²) in [5.41, 5.74) is 0. The third-order valence-corrected chi connectivity index (χ3v) is 13.2. The summed E-state index contributed by atoms with van der Waals surface area (Å²) in [5.74, 6) is 6.10. The zero-order chi connectivity index (χ0) is 31.5. The third kappa shape index (κ3) is 6.82. The lowest BCUT2D eigenvalue weighted by Gasteiger charge is -2.31. The Kier molecular flexibility index (Phi) is 8.23. The molecule has 0 radical (unpaired) electrons. The number of fused-ring (bicyclic) bond motifs is 5. The summed E-state index contributed by atoms with van der Waals surface area (Å²) in [6.07, 6.45) is 6.06. The summed E-state index contributed by atoms with van der Waals surface area (Å²) in [5, 5.41) is 0. The number of rotatable bonds is 17. The van der Waals surface area contributed by atoms with Crippen LogP contribution < -0.4 is 9.47 Å². The van der Waals surface area contributed by atoms with E-state index >= 15 is 0 Å². The molecule has 0 aromatic heterocycles. The van der Waals surface area contributed by atoms with Crippen molar-refractivity contribution >= 4 is 9.84 Å². The van der Waals surface area contributed by atoms with Gasteiger partial charge in [0.15, 0.2) is 0 Å². The van der Waals surface area contributed by atoms with Crippen molar-refractivity contribution in [1.29, 1.82) is 0 Å². The molecule has 4 aliphatic heterocycles. The van der Waals surface area contributed by atoms with Gasteiger partial charge in [0.2, 0.25) is 9.84 Å². The molecule has 2 bridgehead atoms. The minimum absolute atomic E-state index is 0.0272. The molecule has 7 aliphatic rings. The molecule has 9 rings (SSSR count). The van der Waals surface area contributed by atoms with Crippen molar-refractivity contribution in [3.05, 3.63) is 48.5 Å². The molecule has 2 aromatic carbocycles. The molecule has 0 amide bonds. The highest BCUT2D eigenvalue weighted by Gasteiger charge is 2.58. The van der Waals surface area contributed by atoms with E-state index in [1.165, 1.54) is 25.7 Å². The third-order valence-electron chi connectivity index (χ3n) is 11.5. The van der Waals surface area contributed by atoms with Gasteiger partial charge in [0.05, 0.1) is 36.2 Å². The van der Waals surface area contributed by atoms with Crippen molar-refractivity contribution in [2.24, 2.45) is 35.5 Å². The zero-order valence-corrected chi connectivity index (χ0v) is 27.3. The van der Waals surface area contributed by atoms with Gasteiger partial charge in [0, 0.05) is 13.2 Å². The van der Waals surface area contributed by atoms with E-state index in [4.69, 9.17) is 37.9 Å². The molecule has 12 unspecified atom stereocenters. The predicted octanol–water partition coefficient (Wildman–Crippen LogP) is 3.94. The van der Waals surface area contributed by atoms with E-state index in [2.05, 4.69) is 0 Å². The Morgan fingerprint density at radius 3 is 1.83 bits per heavy atom. The number of hydrogen-bond donors (Lipinski definition) is 0. The van der Waals surface area contributed by atoms with Crippen LogP contribution in [0.5, 0.6) is 11.5 Å². The number of sulfone groups is 1. The number of epoxide rings is 4. The van der Waals surface area contributed by atoms with Gasteiger partial charge in [-0.25, -0.2) is 8.42 Å². The molecule has 10 nitrogen and oxygen atoms in total. The lowest BCUT2D eigenvalue weighted by atomic mass is 9.76. The van der Waals surface area contributed by atoms with Crippen LogP contribution in [-0.4, -0.2) is 97.9 Å². The molecule has 254 valence electrons. The average Bonchev–Trinajstić information content (AvgIpc) is 3.91. The van der Waals surface area contributed by atoms with Gasteiger partial charge in [0.25, 0.3) is 0 Å². The molecule has 4 saturated heterocycles. The van der Waals surface area contributed by atoms with Crippen molar-refractivity contribution in [3.8, 4) is 11.5 Å². The summed E-state index contributed by atoms with van der Waals surface area (Å²) in [6, 6.07) is 13.0. The molecule has 3 saturated carbocycles. The fraction of sp³-hybridized carbons (Fsp3) is 0.667. The predicted molar refractivity (Wildman–Crippen MR) is 167 cm³/mol. The summed E-state index contributed by atoms with van der Waals surface area (Å²) < 4.78 is 72.1. The van der Waals surface area contributed by atoms with Crippen molar-refractivity contribution in [3.63, 3.8) is 0 Å². The van der Waals surface area contributed by atoms with E-state index < -0.39 is 9.84 Å². The topological polar surface area (TPSA) is 121 Å². The Hall–Kier alpha value is -2.25. The largest absolute Gasteiger partial charge is 0.491 e. The SMILES string of the molecule is O=S(=O)(c1ccc(OCC2CO2)cc1)c1ccc(OCC2OC2C2OC2COCC2CC3CC2C2CC(COCC4CO4)CC32)cc1. The molecule has 47 heavy (non-hydrogen) atoms. The van der Waals surface area contributed by atoms with E-state index in [-0.39, 0.29) is 40.3 Å². The van der Waals surface area contributed by atoms with Crippen molar-refractivity contribution in [1.82, 2.24) is 0 Å². The molecule has 0 N–H and O–H groups in total. The van der Waals surface area contributed by atoms with Crippen LogP contribution in [0.1, 0.15) is 25.7 Å². The van der Waals surface area contributed by atoms with Gasteiger partial charge in [-0.05, 0) is 110 Å². The standard InChI is InChI=1S/C36H44O10S/c37-47(38,28-5-1-24(2-6-28)41-17-27-18-43-27)29-7-3-25(4-8-29)44-20-34-36(46-34)35-33(45-35)19-40-14-23-11-22-12-31(23)32-10-21(9-30(22)32)13-39-15-26-16-42-26/h1-8,21-23,26-27,30-36H,9-20H2. The van der Waals surface area contributed by atoms with E-state index in [1.807, 2.05) is 0 Å². The van der Waals surface area contributed by atoms with Gasteiger partial charge in [-0.3, -0.25) is 0 Å². The fourth-order valence-corrected chi connectivity index (χ4v) is 10.0. The lowest BCUT2D eigenvalue weighted by Crippen LogP contribution is -2.28. The van der Waals surface area contributed by atoms with E-state index in [1.54, 1.807) is 48.5 Å². The van der Waals surface area contributed by atoms with Crippen LogP contribution in [0.3, 0.4) is 0 Å². The zero-order valence-electron chi connectivity index (χ0n) is 26.5. The summed E-state index contributed by atoms with van der Waals surface area (Å²) in [4.78, 5) is 0.424. The molecule has 11 heteroatoms. The van der Waals surface area contributed by atoms with Gasteiger partial charge in [-0.15, -0.1) is 0 Å². The molecular weight excluding hydrogens is 624 g/mol. The number of hydrogen-bond acceptors (Lipinski definition) is 10. The monoisotopic (exact) mass is 668 g/mol. The van der Waals surface area contributed by atoms with Crippen LogP contribution in [0.4, 0.5) is 0 Å². The Morgan fingerprint density at radius 2 is 1.17 bits per heavy atom. The summed E-state index contributed by atoms with van der Waals surface area (Å²) in [6.45, 7) is 5.59. The molecular formula is C36H44O10S. The Balaban J connectivity index is 0.674. The van der Waals surface area contributed by atoms with Crippen LogP contribution in [0.2, 0.25) is 0 Å². The van der Waals surface area contributed by atoms with E-state index in [0.29, 0.717) is 49.9 Å². The van der Waals surface area contributed by atoms with Crippen LogP contribution in [0.25, 0.3) is 0 Å². The van der Waals surface area contributed by atoms with Gasteiger partial charge >= 0.3 is 0 Å². The maximum Gasteiger partial charge on any atom is 0.206 e. The average molecular weight is 669 g/mol. The highest BCUT2D eigenvalue weighted by Crippen LogP contribution is 2.62. The molecule has 0 spiro atoms. The highest BCUT2D eigenvalue weighted by molar-refractivity contribution is 7.91. The minimum atomic E-state index is -3.65. The van der Waals surface area contributed by atoms with Crippen molar-refractivity contribution < 1.29 is 46.3 Å². The molecule has 12 atom stereocenters. The van der Waals surface area contributed by atoms with E-state index in [9.17, 15) is 8.42 Å². The summed E-state index contributed by atoms with van der Waals surface area (Å²) in [7, 11) is -3.65. The van der Waals surface area contributed by atoms with Crippen LogP contribution in [0, 0.1) is 35.5 Å². The maximum atomic E-state index is 13.1. The van der Waals surface area contributed by atoms with Crippen LogP contribution in [0.15, 0.2) is 58.3 Å². The molecule has 3 aliphatic carbocycles. The van der Waals surface area contributed by atoms with Crippen LogP contribution >= 0.6 is 0 Å². The van der Waals surface area contributed by atoms with Gasteiger partial charge in [0.1, 0.15) is 61.3 Å². The second-order valence-electron chi connectivity index (χ2n) is 14.7. The molecule has 7 fully saturated rings. The smallest absolute Gasteiger partial charge is 0.206 e. The van der Waals surface area contributed by atoms with Crippen molar-refractivity contribution in [2.75, 3.05) is 52.9 Å². The Morgan fingerprint density at radius 1 is 0.596 bits per heavy atom. The first-order valence-corrected chi connectivity index (χ1v) is 18.9. The van der Waals surface area contributed by atoms with Crippen molar-refractivity contribution in [2.45, 2.75) is 72.1 Å². The first-order valence-electron chi connectivity index (χ1n) is 17.4. The number of benzene rings is 2. The molecule has 2 aromatic rings. The first kappa shape index (κ1) is 30.8. The Labute approximate surface area is 276 Å². The highest BCUT2D eigenvalue weighted by atomic mass is 32.2.